The number of nitrogens with two attached hydrogens (primary N) is 1. The number of benzene rings is 2. The fourth-order valence-corrected chi connectivity index (χ4v) is 5.23. The summed E-state index contributed by atoms with van der Waals surface area (Å²) in [6.07, 6.45) is 1.60. The van der Waals surface area contributed by atoms with Gasteiger partial charge in [-0.3, -0.25) is 10.1 Å². The fraction of sp³-hybridized carbons (Fsp3) is 0.333. The summed E-state index contributed by atoms with van der Waals surface area (Å²) in [6.45, 7) is 0.793. The largest absolute Gasteiger partial charge is 0.330 e. The van der Waals surface area contributed by atoms with E-state index in [0.717, 1.165) is 18.4 Å². The number of nitrogens with zero attached hydrogens (tertiary/aromatic N) is 2. The van der Waals surface area contributed by atoms with E-state index in [1.807, 2.05) is 30.3 Å². The first kappa shape index (κ1) is 18.5. The molecule has 2 N–H and O–H groups in total. The van der Waals surface area contributed by atoms with Crippen molar-refractivity contribution in [1.29, 1.82) is 0 Å². The number of nitro benzene ring substituents is 1. The Morgan fingerprint density at radius 2 is 1.77 bits per heavy atom. The second-order valence-corrected chi connectivity index (χ2v) is 8.25. The Labute approximate surface area is 152 Å². The molecule has 2 atom stereocenters. The van der Waals surface area contributed by atoms with Crippen molar-refractivity contribution >= 4 is 15.7 Å². The summed E-state index contributed by atoms with van der Waals surface area (Å²) in [5, 5.41) is 10.8. The predicted molar refractivity (Wildman–Crippen MR) is 97.9 cm³/mol. The Morgan fingerprint density at radius 3 is 2.35 bits per heavy atom. The number of non-ortho nitro benzene ring substituents is 1. The maximum Gasteiger partial charge on any atom is 0.269 e. The average Bonchev–Trinajstić information content (AvgIpc) is 2.68. The molecule has 0 saturated carbocycles. The summed E-state index contributed by atoms with van der Waals surface area (Å²) >= 11 is 0. The van der Waals surface area contributed by atoms with Crippen LogP contribution in [0.1, 0.15) is 24.4 Å². The molecule has 7 nitrogen and oxygen atoms in total. The van der Waals surface area contributed by atoms with Crippen molar-refractivity contribution in [3.05, 3.63) is 70.3 Å². The van der Waals surface area contributed by atoms with Crippen LogP contribution in [0.25, 0.3) is 0 Å². The smallest absolute Gasteiger partial charge is 0.269 e. The van der Waals surface area contributed by atoms with E-state index in [0.29, 0.717) is 13.1 Å². The van der Waals surface area contributed by atoms with Gasteiger partial charge in [0, 0.05) is 18.7 Å². The van der Waals surface area contributed by atoms with Crippen molar-refractivity contribution in [2.75, 3.05) is 13.1 Å². The molecule has 0 aromatic heterocycles. The van der Waals surface area contributed by atoms with E-state index in [1.54, 1.807) is 0 Å². The molecule has 0 amide bonds. The lowest BCUT2D eigenvalue weighted by Gasteiger charge is -2.40. The molecular formula is C18H21N3O4S. The topological polar surface area (TPSA) is 107 Å². The molecule has 0 unspecified atom stereocenters. The molecular weight excluding hydrogens is 354 g/mol. The Kier molecular flexibility index (Phi) is 5.36. The standard InChI is InChI=1S/C18H21N3O4S/c19-13-15-7-4-12-20(18(15)14-5-2-1-3-6-14)26(24,25)17-10-8-16(9-11-17)21(22)23/h1-3,5-6,8-11,15,18H,4,7,12-13,19H2/t15-,18+/m0/s1. The quantitative estimate of drug-likeness (QED) is 0.639. The zero-order valence-corrected chi connectivity index (χ0v) is 15.0. The van der Waals surface area contributed by atoms with Gasteiger partial charge in [-0.1, -0.05) is 30.3 Å². The van der Waals surface area contributed by atoms with Crippen molar-refractivity contribution in [3.8, 4) is 0 Å². The summed E-state index contributed by atoms with van der Waals surface area (Å²) in [5.41, 5.74) is 6.71. The van der Waals surface area contributed by atoms with E-state index in [9.17, 15) is 18.5 Å². The summed E-state index contributed by atoms with van der Waals surface area (Å²) in [7, 11) is -3.79. The zero-order valence-electron chi connectivity index (χ0n) is 14.2. The molecule has 1 heterocycles. The maximum absolute atomic E-state index is 13.2. The summed E-state index contributed by atoms with van der Waals surface area (Å²) in [4.78, 5) is 10.3. The molecule has 26 heavy (non-hydrogen) atoms. The molecule has 0 spiro atoms. The Morgan fingerprint density at radius 1 is 1.12 bits per heavy atom. The molecule has 1 saturated heterocycles. The highest BCUT2D eigenvalue weighted by molar-refractivity contribution is 7.89. The molecule has 1 aliphatic rings. The molecule has 2 aromatic carbocycles. The molecule has 0 aliphatic carbocycles. The highest BCUT2D eigenvalue weighted by atomic mass is 32.2. The van der Waals surface area contributed by atoms with Gasteiger partial charge in [0.05, 0.1) is 15.9 Å². The van der Waals surface area contributed by atoms with Gasteiger partial charge in [-0.05, 0) is 43.0 Å². The Bertz CT molecular complexity index is 869. The number of nitro groups is 1. The number of hydrogen-bond acceptors (Lipinski definition) is 5. The van der Waals surface area contributed by atoms with E-state index >= 15 is 0 Å². The van der Waals surface area contributed by atoms with E-state index in [1.165, 1.54) is 28.6 Å². The van der Waals surface area contributed by atoms with Gasteiger partial charge in [-0.2, -0.15) is 4.31 Å². The van der Waals surface area contributed by atoms with E-state index < -0.39 is 14.9 Å². The van der Waals surface area contributed by atoms with Crippen molar-refractivity contribution in [3.63, 3.8) is 0 Å². The SMILES string of the molecule is NC[C@@H]1CCCN(S(=O)(=O)c2ccc([N+](=O)[O-])cc2)[C@@H]1c1ccccc1. The van der Waals surface area contributed by atoms with Gasteiger partial charge in [0.25, 0.3) is 5.69 Å². The monoisotopic (exact) mass is 375 g/mol. The molecule has 138 valence electrons. The average molecular weight is 375 g/mol. The van der Waals surface area contributed by atoms with Crippen LogP contribution in [0, 0.1) is 16.0 Å². The molecule has 1 fully saturated rings. The predicted octanol–water partition coefficient (Wildman–Crippen LogP) is 2.70. The summed E-state index contributed by atoms with van der Waals surface area (Å²) in [6, 6.07) is 14.2. The van der Waals surface area contributed by atoms with E-state index in [2.05, 4.69) is 0 Å². The van der Waals surface area contributed by atoms with Crippen LogP contribution in [0.15, 0.2) is 59.5 Å². The number of hydrogen-bond donors (Lipinski definition) is 1. The second-order valence-electron chi connectivity index (χ2n) is 6.36. The normalized spacial score (nSPS) is 21.4. The van der Waals surface area contributed by atoms with Crippen LogP contribution >= 0.6 is 0 Å². The lowest BCUT2D eigenvalue weighted by Crippen LogP contribution is -2.44. The van der Waals surface area contributed by atoms with E-state index in [-0.39, 0.29) is 22.5 Å². The summed E-state index contributed by atoms with van der Waals surface area (Å²) in [5.74, 6) is 0.0268. The maximum atomic E-state index is 13.2. The van der Waals surface area contributed by atoms with Crippen molar-refractivity contribution < 1.29 is 13.3 Å². The van der Waals surface area contributed by atoms with Crippen molar-refractivity contribution in [2.45, 2.75) is 23.8 Å². The number of rotatable bonds is 5. The van der Waals surface area contributed by atoms with Crippen LogP contribution in [0.5, 0.6) is 0 Å². The van der Waals surface area contributed by atoms with Crippen LogP contribution in [-0.4, -0.2) is 30.7 Å². The molecule has 8 heteroatoms. The van der Waals surface area contributed by atoms with Gasteiger partial charge in [-0.15, -0.1) is 0 Å². The van der Waals surface area contributed by atoms with Crippen LogP contribution in [0.4, 0.5) is 5.69 Å². The van der Waals surface area contributed by atoms with Crippen LogP contribution in [0.2, 0.25) is 0 Å². The third-order valence-corrected chi connectivity index (χ3v) is 6.70. The highest BCUT2D eigenvalue weighted by Gasteiger charge is 2.39. The molecule has 3 rings (SSSR count). The number of piperidine rings is 1. The van der Waals surface area contributed by atoms with Crippen LogP contribution in [0.3, 0.4) is 0 Å². The zero-order chi connectivity index (χ0) is 18.7. The second kappa shape index (κ2) is 7.53. The third-order valence-electron chi connectivity index (χ3n) is 4.81. The van der Waals surface area contributed by atoms with Gasteiger partial charge >= 0.3 is 0 Å². The summed E-state index contributed by atoms with van der Waals surface area (Å²) < 4.78 is 27.9. The molecule has 1 aliphatic heterocycles. The first-order valence-electron chi connectivity index (χ1n) is 8.46. The lowest BCUT2D eigenvalue weighted by molar-refractivity contribution is -0.384. The minimum absolute atomic E-state index is 0.0268. The van der Waals surface area contributed by atoms with Gasteiger partial charge in [0.2, 0.25) is 10.0 Å². The molecule has 2 aromatic rings. The van der Waals surface area contributed by atoms with Gasteiger partial charge in [0.15, 0.2) is 0 Å². The van der Waals surface area contributed by atoms with Crippen LogP contribution in [-0.2, 0) is 10.0 Å². The molecule has 0 radical (unpaired) electrons. The number of sulfonamides is 1. The minimum atomic E-state index is -3.79. The first-order valence-corrected chi connectivity index (χ1v) is 9.90. The lowest BCUT2D eigenvalue weighted by atomic mass is 9.86. The first-order chi connectivity index (χ1) is 12.4. The van der Waals surface area contributed by atoms with Crippen molar-refractivity contribution in [1.82, 2.24) is 4.31 Å². The minimum Gasteiger partial charge on any atom is -0.330 e. The third kappa shape index (κ3) is 3.48. The fourth-order valence-electron chi connectivity index (χ4n) is 3.52. The highest BCUT2D eigenvalue weighted by Crippen LogP contribution is 2.39. The van der Waals surface area contributed by atoms with Crippen LogP contribution < -0.4 is 5.73 Å². The van der Waals surface area contributed by atoms with Gasteiger partial charge in [0.1, 0.15) is 0 Å². The van der Waals surface area contributed by atoms with Crippen molar-refractivity contribution in [2.24, 2.45) is 11.7 Å². The Hall–Kier alpha value is -2.29. The van der Waals surface area contributed by atoms with E-state index in [4.69, 9.17) is 5.73 Å². The van der Waals surface area contributed by atoms with Gasteiger partial charge < -0.3 is 5.73 Å². The molecule has 0 bridgehead atoms. The Balaban J connectivity index is 2.01. The van der Waals surface area contributed by atoms with Gasteiger partial charge in [-0.25, -0.2) is 8.42 Å².